The normalized spacial score (nSPS) is 10.0. The molecular weight excluding hydrogens is 186 g/mol. The molecule has 0 heterocycles. The Labute approximate surface area is 91.9 Å². The van der Waals surface area contributed by atoms with Crippen molar-refractivity contribution in [2.45, 2.75) is 26.7 Å². The summed E-state index contributed by atoms with van der Waals surface area (Å²) < 4.78 is 0. The van der Waals surface area contributed by atoms with Gasteiger partial charge in [-0.3, -0.25) is 4.79 Å². The first-order valence-electron chi connectivity index (χ1n) is 5.59. The molecule has 2 nitrogen and oxygen atoms in total. The molecule has 0 saturated heterocycles. The number of hydrogen-bond acceptors (Lipinski definition) is 2. The zero-order valence-electron chi connectivity index (χ0n) is 9.57. The largest absolute Gasteiger partial charge is 0.364 e. The quantitative estimate of drug-likeness (QED) is 0.711. The minimum absolute atomic E-state index is 0.322. The first-order chi connectivity index (χ1) is 7.27. The van der Waals surface area contributed by atoms with Gasteiger partial charge in [-0.25, -0.2) is 0 Å². The fourth-order valence-electron chi connectivity index (χ4n) is 1.60. The van der Waals surface area contributed by atoms with Gasteiger partial charge in [-0.15, -0.1) is 0 Å². The molecule has 0 aromatic heterocycles. The number of carbonyl (C=O) groups excluding carboxylic acids is 1. The number of para-hydroxylation sites is 1. The average molecular weight is 205 g/mol. The van der Waals surface area contributed by atoms with Crippen LogP contribution in [0.25, 0.3) is 0 Å². The molecule has 82 valence electrons. The third-order valence-electron chi connectivity index (χ3n) is 2.40. The molecule has 0 amide bonds. The summed E-state index contributed by atoms with van der Waals surface area (Å²) in [5.74, 6) is 0.322. The Morgan fingerprint density at radius 1 is 1.20 bits per heavy atom. The Bertz CT molecular complexity index is 295. The molecule has 0 N–H and O–H groups in total. The van der Waals surface area contributed by atoms with Gasteiger partial charge in [-0.1, -0.05) is 25.1 Å². The zero-order valence-corrected chi connectivity index (χ0v) is 9.57. The van der Waals surface area contributed by atoms with Crippen LogP contribution in [-0.2, 0) is 4.79 Å². The number of hydrogen-bond donors (Lipinski definition) is 0. The van der Waals surface area contributed by atoms with Crippen molar-refractivity contribution in [2.75, 3.05) is 18.0 Å². The minimum atomic E-state index is 0.322. The lowest BCUT2D eigenvalue weighted by Crippen LogP contribution is -2.29. The highest BCUT2D eigenvalue weighted by molar-refractivity contribution is 5.83. The van der Waals surface area contributed by atoms with E-state index in [-0.39, 0.29) is 0 Å². The standard InChI is InChI=1S/C13H19NO/c1-3-8-13(15)11-14(4-2)12-9-6-5-7-10-12/h5-7,9-10H,3-4,8,11H2,1-2H3. The van der Waals surface area contributed by atoms with E-state index in [4.69, 9.17) is 0 Å². The van der Waals surface area contributed by atoms with Crippen molar-refractivity contribution < 1.29 is 4.79 Å². The van der Waals surface area contributed by atoms with E-state index in [1.54, 1.807) is 0 Å². The van der Waals surface area contributed by atoms with Gasteiger partial charge in [0.05, 0.1) is 6.54 Å². The maximum atomic E-state index is 11.5. The van der Waals surface area contributed by atoms with Crippen molar-refractivity contribution in [1.82, 2.24) is 0 Å². The molecule has 0 aliphatic carbocycles. The van der Waals surface area contributed by atoms with E-state index in [0.717, 1.165) is 18.7 Å². The van der Waals surface area contributed by atoms with Crippen LogP contribution in [0.1, 0.15) is 26.7 Å². The summed E-state index contributed by atoms with van der Waals surface area (Å²) in [6.45, 7) is 5.52. The monoisotopic (exact) mass is 205 g/mol. The highest BCUT2D eigenvalue weighted by Crippen LogP contribution is 2.12. The fraction of sp³-hybridized carbons (Fsp3) is 0.462. The fourth-order valence-corrected chi connectivity index (χ4v) is 1.60. The third kappa shape index (κ3) is 3.74. The maximum absolute atomic E-state index is 11.5. The topological polar surface area (TPSA) is 20.3 Å². The predicted molar refractivity (Wildman–Crippen MR) is 64.2 cm³/mol. The summed E-state index contributed by atoms with van der Waals surface area (Å²) in [6.07, 6.45) is 1.62. The number of likely N-dealkylation sites (N-methyl/N-ethyl adjacent to an activating group) is 1. The van der Waals surface area contributed by atoms with Gasteiger partial charge in [0.15, 0.2) is 5.78 Å². The van der Waals surface area contributed by atoms with Crippen LogP contribution in [0.4, 0.5) is 5.69 Å². The van der Waals surface area contributed by atoms with Crippen LogP contribution in [-0.4, -0.2) is 18.9 Å². The van der Waals surface area contributed by atoms with E-state index in [2.05, 4.69) is 11.8 Å². The Morgan fingerprint density at radius 2 is 1.87 bits per heavy atom. The molecule has 1 rings (SSSR count). The van der Waals surface area contributed by atoms with Gasteiger partial charge in [0, 0.05) is 18.7 Å². The SMILES string of the molecule is CCCC(=O)CN(CC)c1ccccc1. The average Bonchev–Trinajstić information content (AvgIpc) is 2.27. The van der Waals surface area contributed by atoms with Gasteiger partial charge >= 0.3 is 0 Å². The number of nitrogens with zero attached hydrogens (tertiary/aromatic N) is 1. The van der Waals surface area contributed by atoms with Crippen molar-refractivity contribution in [3.05, 3.63) is 30.3 Å². The van der Waals surface area contributed by atoms with E-state index >= 15 is 0 Å². The van der Waals surface area contributed by atoms with E-state index in [1.807, 2.05) is 37.3 Å². The molecule has 0 fully saturated rings. The van der Waals surface area contributed by atoms with Gasteiger partial charge < -0.3 is 4.90 Å². The second kappa shape index (κ2) is 6.23. The van der Waals surface area contributed by atoms with Crippen LogP contribution in [0.15, 0.2) is 30.3 Å². The van der Waals surface area contributed by atoms with Crippen LogP contribution in [0.5, 0.6) is 0 Å². The molecular formula is C13H19NO. The van der Waals surface area contributed by atoms with Crippen molar-refractivity contribution in [2.24, 2.45) is 0 Å². The molecule has 0 spiro atoms. The molecule has 0 saturated carbocycles. The summed E-state index contributed by atoms with van der Waals surface area (Å²) in [7, 11) is 0. The lowest BCUT2D eigenvalue weighted by atomic mass is 10.2. The number of anilines is 1. The number of carbonyl (C=O) groups is 1. The summed E-state index contributed by atoms with van der Waals surface area (Å²) in [4.78, 5) is 13.7. The van der Waals surface area contributed by atoms with E-state index in [0.29, 0.717) is 18.7 Å². The van der Waals surface area contributed by atoms with Crippen LogP contribution < -0.4 is 4.90 Å². The number of ketones is 1. The summed E-state index contributed by atoms with van der Waals surface area (Å²) >= 11 is 0. The molecule has 15 heavy (non-hydrogen) atoms. The molecule has 2 heteroatoms. The van der Waals surface area contributed by atoms with Crippen molar-refractivity contribution in [3.63, 3.8) is 0 Å². The van der Waals surface area contributed by atoms with E-state index in [9.17, 15) is 4.79 Å². The highest BCUT2D eigenvalue weighted by Gasteiger charge is 2.08. The van der Waals surface area contributed by atoms with Gasteiger partial charge in [0.2, 0.25) is 0 Å². The first kappa shape index (κ1) is 11.8. The van der Waals surface area contributed by atoms with E-state index < -0.39 is 0 Å². The van der Waals surface area contributed by atoms with Crippen LogP contribution in [0.2, 0.25) is 0 Å². The number of Topliss-reactive ketones (excluding diaryl/α,β-unsaturated/α-hetero) is 1. The molecule has 0 atom stereocenters. The van der Waals surface area contributed by atoms with Gasteiger partial charge in [-0.2, -0.15) is 0 Å². The number of benzene rings is 1. The summed E-state index contributed by atoms with van der Waals surface area (Å²) in [5, 5.41) is 0. The summed E-state index contributed by atoms with van der Waals surface area (Å²) in [6, 6.07) is 10.1. The second-order valence-electron chi connectivity index (χ2n) is 3.64. The second-order valence-corrected chi connectivity index (χ2v) is 3.64. The third-order valence-corrected chi connectivity index (χ3v) is 2.40. The summed E-state index contributed by atoms with van der Waals surface area (Å²) in [5.41, 5.74) is 1.13. The van der Waals surface area contributed by atoms with Crippen molar-refractivity contribution in [3.8, 4) is 0 Å². The molecule has 1 aromatic rings. The molecule has 0 aliphatic heterocycles. The van der Waals surface area contributed by atoms with Crippen LogP contribution >= 0.6 is 0 Å². The maximum Gasteiger partial charge on any atom is 0.152 e. The van der Waals surface area contributed by atoms with Crippen LogP contribution in [0.3, 0.4) is 0 Å². The lowest BCUT2D eigenvalue weighted by Gasteiger charge is -2.22. The Balaban J connectivity index is 2.61. The molecule has 0 unspecified atom stereocenters. The smallest absolute Gasteiger partial charge is 0.152 e. The van der Waals surface area contributed by atoms with Gasteiger partial charge in [0.1, 0.15) is 0 Å². The van der Waals surface area contributed by atoms with Gasteiger partial charge in [0.25, 0.3) is 0 Å². The highest BCUT2D eigenvalue weighted by atomic mass is 16.1. The van der Waals surface area contributed by atoms with Gasteiger partial charge in [-0.05, 0) is 25.5 Å². The van der Waals surface area contributed by atoms with E-state index in [1.165, 1.54) is 0 Å². The van der Waals surface area contributed by atoms with Crippen molar-refractivity contribution >= 4 is 11.5 Å². The Morgan fingerprint density at radius 3 is 2.40 bits per heavy atom. The molecule has 0 radical (unpaired) electrons. The molecule has 0 bridgehead atoms. The number of rotatable bonds is 6. The zero-order chi connectivity index (χ0) is 11.1. The Hall–Kier alpha value is -1.31. The van der Waals surface area contributed by atoms with Crippen molar-refractivity contribution in [1.29, 1.82) is 0 Å². The Kier molecular flexibility index (Phi) is 4.88. The first-order valence-corrected chi connectivity index (χ1v) is 5.59. The minimum Gasteiger partial charge on any atom is -0.364 e. The molecule has 0 aliphatic rings. The molecule has 1 aromatic carbocycles. The lowest BCUT2D eigenvalue weighted by molar-refractivity contribution is -0.117. The van der Waals surface area contributed by atoms with Crippen LogP contribution in [0, 0.1) is 0 Å². The predicted octanol–water partition coefficient (Wildman–Crippen LogP) is 2.88.